The molecule has 68 valence electrons. The first kappa shape index (κ1) is 8.34. The molecule has 0 spiro atoms. The average molecular weight is 186 g/mol. The summed E-state index contributed by atoms with van der Waals surface area (Å²) in [6, 6.07) is 8.37. The summed E-state index contributed by atoms with van der Waals surface area (Å²) in [5, 5.41) is 4.33. The third kappa shape index (κ3) is 1.32. The van der Waals surface area contributed by atoms with E-state index in [9.17, 15) is 4.79 Å². The Morgan fingerprint density at radius 1 is 1.29 bits per heavy atom. The van der Waals surface area contributed by atoms with Crippen molar-refractivity contribution in [3.63, 3.8) is 0 Å². The molecule has 0 bridgehead atoms. The second-order valence-electron chi connectivity index (χ2n) is 2.75. The number of benzene rings is 1. The number of nitrogens with one attached hydrogen (secondary N) is 1. The predicted octanol–water partition coefficient (Wildman–Crippen LogP) is 2.47. The number of H-pyrrole nitrogens is 1. The van der Waals surface area contributed by atoms with E-state index in [1.807, 2.05) is 6.07 Å². The van der Waals surface area contributed by atoms with Crippen molar-refractivity contribution in [1.82, 2.24) is 4.98 Å². The summed E-state index contributed by atoms with van der Waals surface area (Å²) >= 11 is 0. The molecule has 0 unspecified atom stereocenters. The molecule has 0 radical (unpaired) electrons. The normalized spacial score (nSPS) is 9.71. The summed E-state index contributed by atoms with van der Waals surface area (Å²) in [7, 11) is 0. The lowest BCUT2D eigenvalue weighted by atomic mass is 10.2. The van der Waals surface area contributed by atoms with Gasteiger partial charge in [0.15, 0.2) is 0 Å². The van der Waals surface area contributed by atoms with Gasteiger partial charge >= 0.3 is 0 Å². The predicted molar refractivity (Wildman–Crippen MR) is 53.4 cm³/mol. The van der Waals surface area contributed by atoms with Gasteiger partial charge in [-0.15, -0.1) is 0 Å². The Morgan fingerprint density at radius 3 is 2.93 bits per heavy atom. The number of pyridine rings is 1. The van der Waals surface area contributed by atoms with E-state index in [1.165, 1.54) is 6.07 Å². The van der Waals surface area contributed by atoms with Crippen LogP contribution in [0.4, 0.5) is 5.69 Å². The zero-order chi connectivity index (χ0) is 9.97. The van der Waals surface area contributed by atoms with Crippen molar-refractivity contribution >= 4 is 16.6 Å². The van der Waals surface area contributed by atoms with Crippen molar-refractivity contribution < 1.29 is 0 Å². The van der Waals surface area contributed by atoms with Crippen LogP contribution >= 0.6 is 0 Å². The van der Waals surface area contributed by atoms with Crippen molar-refractivity contribution in [2.45, 2.75) is 0 Å². The highest BCUT2D eigenvalue weighted by Crippen LogP contribution is 2.22. The van der Waals surface area contributed by atoms with Crippen LogP contribution in [-0.2, 0) is 0 Å². The van der Waals surface area contributed by atoms with Crippen LogP contribution in [0.2, 0.25) is 0 Å². The van der Waals surface area contributed by atoms with Gasteiger partial charge in [0, 0.05) is 11.0 Å². The third-order valence-electron chi connectivity index (χ3n) is 1.89. The molecule has 0 saturated heterocycles. The average Bonchev–Trinajstić information content (AvgIpc) is 2.19. The van der Waals surface area contributed by atoms with Crippen LogP contribution in [-0.4, -0.2) is 4.98 Å². The zero-order valence-electron chi connectivity index (χ0n) is 7.14. The molecule has 5 nitrogen and oxygen atoms in total. The quantitative estimate of drug-likeness (QED) is 0.414. The first-order valence-electron chi connectivity index (χ1n) is 3.98. The smallest absolute Gasteiger partial charge is 0.248 e. The molecular formula is C9H6N4O. The molecule has 5 heteroatoms. The Hall–Kier alpha value is -2.26. The van der Waals surface area contributed by atoms with Crippen molar-refractivity contribution in [3.05, 3.63) is 51.1 Å². The second kappa shape index (κ2) is 3.24. The molecule has 1 heterocycles. The Kier molecular flexibility index (Phi) is 1.93. The van der Waals surface area contributed by atoms with E-state index in [0.717, 1.165) is 5.39 Å². The highest BCUT2D eigenvalue weighted by molar-refractivity contribution is 5.88. The number of rotatable bonds is 1. The Labute approximate surface area is 78.6 Å². The minimum atomic E-state index is -0.210. The summed E-state index contributed by atoms with van der Waals surface area (Å²) in [5.74, 6) is 0. The fourth-order valence-electron chi connectivity index (χ4n) is 1.29. The van der Waals surface area contributed by atoms with Gasteiger partial charge < -0.3 is 4.98 Å². The molecule has 1 N–H and O–H groups in total. The van der Waals surface area contributed by atoms with Crippen LogP contribution in [0.3, 0.4) is 0 Å². The molecule has 2 rings (SSSR count). The van der Waals surface area contributed by atoms with Gasteiger partial charge in [-0.2, -0.15) is 0 Å². The standard InChI is InChI=1S/C9H6N4O/c10-13-12-7-3-1-2-6-4-5-8(14)11-9(6)7/h1-5H,(H,11,14). The van der Waals surface area contributed by atoms with Gasteiger partial charge in [-0.25, -0.2) is 0 Å². The minimum Gasteiger partial charge on any atom is -0.322 e. The Bertz CT molecular complexity index is 581. The highest BCUT2D eigenvalue weighted by atomic mass is 16.1. The van der Waals surface area contributed by atoms with E-state index in [1.54, 1.807) is 18.2 Å². The highest BCUT2D eigenvalue weighted by Gasteiger charge is 1.98. The fraction of sp³-hybridized carbons (Fsp3) is 0. The summed E-state index contributed by atoms with van der Waals surface area (Å²) in [6.45, 7) is 0. The van der Waals surface area contributed by atoms with Crippen molar-refractivity contribution in [1.29, 1.82) is 0 Å². The van der Waals surface area contributed by atoms with Crippen LogP contribution < -0.4 is 5.56 Å². The molecule has 0 fully saturated rings. The summed E-state index contributed by atoms with van der Waals surface area (Å²) in [6.07, 6.45) is 0. The number of hydrogen-bond acceptors (Lipinski definition) is 2. The van der Waals surface area contributed by atoms with Gasteiger partial charge in [-0.3, -0.25) is 4.79 Å². The first-order valence-corrected chi connectivity index (χ1v) is 3.98. The summed E-state index contributed by atoms with van der Waals surface area (Å²) in [5.41, 5.74) is 9.11. The van der Waals surface area contributed by atoms with E-state index in [2.05, 4.69) is 15.0 Å². The maximum Gasteiger partial charge on any atom is 0.248 e. The van der Waals surface area contributed by atoms with Crippen LogP contribution in [0.5, 0.6) is 0 Å². The van der Waals surface area contributed by atoms with Crippen LogP contribution in [0.25, 0.3) is 21.3 Å². The molecule has 0 atom stereocenters. The molecular weight excluding hydrogens is 180 g/mol. The molecule has 1 aromatic carbocycles. The largest absolute Gasteiger partial charge is 0.322 e. The third-order valence-corrected chi connectivity index (χ3v) is 1.89. The number of fused-ring (bicyclic) bond motifs is 1. The minimum absolute atomic E-state index is 0.210. The maximum atomic E-state index is 11.0. The van der Waals surface area contributed by atoms with Gasteiger partial charge in [-0.1, -0.05) is 23.3 Å². The lowest BCUT2D eigenvalue weighted by molar-refractivity contribution is 1.30. The molecule has 1 aromatic heterocycles. The summed E-state index contributed by atoms with van der Waals surface area (Å²) < 4.78 is 0. The fourth-order valence-corrected chi connectivity index (χ4v) is 1.29. The molecule has 0 aliphatic carbocycles. The lowest BCUT2D eigenvalue weighted by Crippen LogP contribution is -2.01. The maximum absolute atomic E-state index is 11.0. The molecule has 0 saturated carbocycles. The summed E-state index contributed by atoms with van der Waals surface area (Å²) in [4.78, 5) is 16.4. The van der Waals surface area contributed by atoms with E-state index in [0.29, 0.717) is 11.2 Å². The van der Waals surface area contributed by atoms with Crippen LogP contribution in [0.1, 0.15) is 0 Å². The molecule has 0 aliphatic heterocycles. The molecule has 0 aliphatic rings. The van der Waals surface area contributed by atoms with Crippen LogP contribution in [0, 0.1) is 0 Å². The van der Waals surface area contributed by atoms with E-state index in [-0.39, 0.29) is 5.56 Å². The van der Waals surface area contributed by atoms with Gasteiger partial charge in [-0.05, 0) is 17.0 Å². The number of aromatic nitrogens is 1. The van der Waals surface area contributed by atoms with Crippen molar-refractivity contribution in [2.75, 3.05) is 0 Å². The zero-order valence-corrected chi connectivity index (χ0v) is 7.14. The van der Waals surface area contributed by atoms with E-state index >= 15 is 0 Å². The van der Waals surface area contributed by atoms with Crippen molar-refractivity contribution in [2.24, 2.45) is 5.11 Å². The molecule has 2 aromatic rings. The Morgan fingerprint density at radius 2 is 2.14 bits per heavy atom. The SMILES string of the molecule is [N-]=[N+]=Nc1cccc2ccc(=O)[nH]c12. The first-order chi connectivity index (χ1) is 6.81. The number of para-hydroxylation sites is 1. The Balaban J connectivity index is 2.90. The van der Waals surface area contributed by atoms with Gasteiger partial charge in [0.25, 0.3) is 0 Å². The lowest BCUT2D eigenvalue weighted by Gasteiger charge is -1.98. The molecule has 0 amide bonds. The van der Waals surface area contributed by atoms with E-state index in [4.69, 9.17) is 5.53 Å². The second-order valence-corrected chi connectivity index (χ2v) is 2.75. The van der Waals surface area contributed by atoms with Crippen molar-refractivity contribution in [3.8, 4) is 0 Å². The number of hydrogen-bond donors (Lipinski definition) is 1. The van der Waals surface area contributed by atoms with Gasteiger partial charge in [0.2, 0.25) is 5.56 Å². The van der Waals surface area contributed by atoms with E-state index < -0.39 is 0 Å². The topological polar surface area (TPSA) is 81.6 Å². The van der Waals surface area contributed by atoms with Crippen LogP contribution in [0.15, 0.2) is 40.2 Å². The molecule has 14 heavy (non-hydrogen) atoms. The number of nitrogens with zero attached hydrogens (tertiary/aromatic N) is 3. The van der Waals surface area contributed by atoms with Gasteiger partial charge in [0.05, 0.1) is 11.2 Å². The van der Waals surface area contributed by atoms with Gasteiger partial charge in [0.1, 0.15) is 0 Å². The number of azide groups is 1. The monoisotopic (exact) mass is 186 g/mol. The number of aromatic amines is 1.